The molecular formula is C16H16ClN3O4S2. The summed E-state index contributed by atoms with van der Waals surface area (Å²) in [4.78, 5) is 39.3. The number of amides is 2. The molecule has 0 aliphatic heterocycles. The third kappa shape index (κ3) is 6.66. The van der Waals surface area contributed by atoms with Crippen LogP contribution < -0.4 is 10.9 Å². The van der Waals surface area contributed by atoms with Crippen LogP contribution in [0, 0.1) is 0 Å². The number of thiazole rings is 1. The number of hydrazine groups is 1. The molecule has 2 N–H and O–H groups in total. The number of nitrogens with zero attached hydrogens (tertiary/aromatic N) is 1. The first kappa shape index (κ1) is 20.2. The maximum atomic E-state index is 11.9. The average Bonchev–Trinajstić information content (AvgIpc) is 3.06. The highest BCUT2D eigenvalue weighted by molar-refractivity contribution is 8.01. The molecule has 0 unspecified atom stereocenters. The maximum Gasteiger partial charge on any atom is 0.311 e. The zero-order valence-corrected chi connectivity index (χ0v) is 16.2. The Morgan fingerprint density at radius 3 is 2.65 bits per heavy atom. The van der Waals surface area contributed by atoms with Crippen LogP contribution in [0.5, 0.6) is 0 Å². The van der Waals surface area contributed by atoms with Crippen LogP contribution in [0.4, 0.5) is 0 Å². The van der Waals surface area contributed by atoms with Crippen LogP contribution in [-0.2, 0) is 20.7 Å². The summed E-state index contributed by atoms with van der Waals surface area (Å²) < 4.78 is 5.51. The molecule has 0 saturated carbocycles. The molecule has 0 aliphatic carbocycles. The minimum absolute atomic E-state index is 0.0766. The number of carbonyl (C=O) groups is 3. The van der Waals surface area contributed by atoms with E-state index < -0.39 is 5.91 Å². The molecule has 0 fully saturated rings. The summed E-state index contributed by atoms with van der Waals surface area (Å²) in [5.41, 5.74) is 5.64. The van der Waals surface area contributed by atoms with Gasteiger partial charge in [0.1, 0.15) is 0 Å². The summed E-state index contributed by atoms with van der Waals surface area (Å²) in [5, 5.41) is 2.27. The van der Waals surface area contributed by atoms with Crippen LogP contribution in [0.1, 0.15) is 23.0 Å². The largest absolute Gasteiger partial charge is 0.466 e. The molecule has 1 aromatic carbocycles. The predicted molar refractivity (Wildman–Crippen MR) is 100 cm³/mol. The second-order valence-electron chi connectivity index (χ2n) is 4.88. The van der Waals surface area contributed by atoms with Crippen molar-refractivity contribution in [1.29, 1.82) is 0 Å². The van der Waals surface area contributed by atoms with E-state index in [1.165, 1.54) is 23.1 Å². The van der Waals surface area contributed by atoms with Gasteiger partial charge in [0.2, 0.25) is 5.91 Å². The van der Waals surface area contributed by atoms with Gasteiger partial charge in [-0.2, -0.15) is 0 Å². The lowest BCUT2D eigenvalue weighted by atomic mass is 10.2. The maximum absolute atomic E-state index is 11.9. The molecule has 0 aliphatic rings. The summed E-state index contributed by atoms with van der Waals surface area (Å²) >= 11 is 8.31. The highest BCUT2D eigenvalue weighted by Crippen LogP contribution is 2.22. The normalized spacial score (nSPS) is 10.2. The molecule has 2 aromatic rings. The number of ether oxygens (including phenoxy) is 1. The summed E-state index contributed by atoms with van der Waals surface area (Å²) in [6.07, 6.45) is 0.105. The van der Waals surface area contributed by atoms with Gasteiger partial charge in [-0.3, -0.25) is 25.2 Å². The second kappa shape index (κ2) is 10.1. The Balaban J connectivity index is 1.73. The topological polar surface area (TPSA) is 97.4 Å². The molecule has 0 saturated heterocycles. The Morgan fingerprint density at radius 2 is 1.96 bits per heavy atom. The number of aromatic nitrogens is 1. The second-order valence-corrected chi connectivity index (χ2v) is 7.40. The first-order valence-electron chi connectivity index (χ1n) is 7.55. The van der Waals surface area contributed by atoms with Crippen LogP contribution >= 0.6 is 34.7 Å². The quantitative estimate of drug-likeness (QED) is 0.411. The predicted octanol–water partition coefficient (Wildman–Crippen LogP) is 2.46. The lowest BCUT2D eigenvalue weighted by molar-refractivity contribution is -0.142. The van der Waals surface area contributed by atoms with E-state index >= 15 is 0 Å². The van der Waals surface area contributed by atoms with Crippen molar-refractivity contribution in [3.8, 4) is 0 Å². The average molecular weight is 414 g/mol. The van der Waals surface area contributed by atoms with E-state index in [-0.39, 0.29) is 24.1 Å². The molecule has 2 rings (SSSR count). The smallest absolute Gasteiger partial charge is 0.311 e. The van der Waals surface area contributed by atoms with Gasteiger partial charge in [-0.25, -0.2) is 4.98 Å². The van der Waals surface area contributed by atoms with E-state index in [0.717, 1.165) is 0 Å². The van der Waals surface area contributed by atoms with Crippen molar-refractivity contribution in [3.05, 3.63) is 45.9 Å². The molecule has 1 heterocycles. The Kier molecular flexibility index (Phi) is 7.89. The number of halogens is 1. The molecular weight excluding hydrogens is 398 g/mol. The number of hydrogen-bond acceptors (Lipinski definition) is 7. The molecule has 7 nitrogen and oxygen atoms in total. The van der Waals surface area contributed by atoms with Crippen LogP contribution in [0.2, 0.25) is 5.02 Å². The van der Waals surface area contributed by atoms with Crippen molar-refractivity contribution < 1.29 is 19.1 Å². The van der Waals surface area contributed by atoms with Crippen molar-refractivity contribution in [2.45, 2.75) is 17.7 Å². The molecule has 26 heavy (non-hydrogen) atoms. The third-order valence-corrected chi connectivity index (χ3v) is 5.23. The highest BCUT2D eigenvalue weighted by Gasteiger charge is 2.11. The van der Waals surface area contributed by atoms with Gasteiger partial charge in [-0.05, 0) is 31.2 Å². The number of benzene rings is 1. The molecule has 0 spiro atoms. The van der Waals surface area contributed by atoms with Crippen molar-refractivity contribution in [1.82, 2.24) is 15.8 Å². The SMILES string of the molecule is CCOC(=O)Cc1csc(SCC(=O)NNC(=O)c2ccc(Cl)cc2)n1. The van der Waals surface area contributed by atoms with Crippen LogP contribution in [0.15, 0.2) is 34.0 Å². The Hall–Kier alpha value is -2.10. The van der Waals surface area contributed by atoms with E-state index in [4.69, 9.17) is 16.3 Å². The van der Waals surface area contributed by atoms with Crippen LogP contribution in [-0.4, -0.2) is 35.1 Å². The Bertz CT molecular complexity index is 780. The molecule has 0 radical (unpaired) electrons. The number of thioether (sulfide) groups is 1. The van der Waals surface area contributed by atoms with Gasteiger partial charge in [0.25, 0.3) is 5.91 Å². The molecule has 0 bridgehead atoms. The Labute approximate surface area is 163 Å². The fraction of sp³-hybridized carbons (Fsp3) is 0.250. The van der Waals surface area contributed by atoms with E-state index in [1.807, 2.05) is 0 Å². The number of nitrogens with one attached hydrogen (secondary N) is 2. The molecule has 10 heteroatoms. The van der Waals surface area contributed by atoms with Gasteiger partial charge in [-0.1, -0.05) is 23.4 Å². The van der Waals surface area contributed by atoms with Crippen LogP contribution in [0.25, 0.3) is 0 Å². The van der Waals surface area contributed by atoms with Crippen molar-refractivity contribution in [3.63, 3.8) is 0 Å². The Morgan fingerprint density at radius 1 is 1.23 bits per heavy atom. The lowest BCUT2D eigenvalue weighted by Gasteiger charge is -2.06. The van der Waals surface area contributed by atoms with E-state index in [1.54, 1.807) is 36.6 Å². The van der Waals surface area contributed by atoms with Crippen molar-refractivity contribution >= 4 is 52.5 Å². The zero-order valence-electron chi connectivity index (χ0n) is 13.8. The summed E-state index contributed by atoms with van der Waals surface area (Å²) in [7, 11) is 0. The minimum atomic E-state index is -0.439. The molecule has 1 aromatic heterocycles. The molecule has 2 amide bonds. The summed E-state index contributed by atoms with van der Waals surface area (Å²) in [6.45, 7) is 2.07. The number of hydrogen-bond donors (Lipinski definition) is 2. The van der Waals surface area contributed by atoms with Gasteiger partial charge >= 0.3 is 5.97 Å². The van der Waals surface area contributed by atoms with E-state index in [2.05, 4.69) is 15.8 Å². The third-order valence-electron chi connectivity index (χ3n) is 2.91. The number of esters is 1. The minimum Gasteiger partial charge on any atom is -0.466 e. The van der Waals surface area contributed by atoms with Gasteiger partial charge in [0, 0.05) is 16.0 Å². The van der Waals surface area contributed by atoms with E-state index in [9.17, 15) is 14.4 Å². The van der Waals surface area contributed by atoms with Gasteiger partial charge in [0.15, 0.2) is 4.34 Å². The van der Waals surface area contributed by atoms with Crippen molar-refractivity contribution in [2.75, 3.05) is 12.4 Å². The van der Waals surface area contributed by atoms with E-state index in [0.29, 0.717) is 27.2 Å². The molecule has 138 valence electrons. The summed E-state index contributed by atoms with van der Waals surface area (Å²) in [6, 6.07) is 6.29. The highest BCUT2D eigenvalue weighted by atomic mass is 35.5. The lowest BCUT2D eigenvalue weighted by Crippen LogP contribution is -2.42. The number of rotatable bonds is 7. The first-order valence-corrected chi connectivity index (χ1v) is 9.80. The van der Waals surface area contributed by atoms with Gasteiger partial charge < -0.3 is 4.74 Å². The zero-order chi connectivity index (χ0) is 18.9. The fourth-order valence-corrected chi connectivity index (χ4v) is 3.53. The van der Waals surface area contributed by atoms with Gasteiger partial charge in [-0.15, -0.1) is 11.3 Å². The molecule has 0 atom stereocenters. The standard InChI is InChI=1S/C16H16ClN3O4S2/c1-2-24-14(22)7-12-8-25-16(18-12)26-9-13(21)19-20-15(23)10-3-5-11(17)6-4-10/h3-6,8H,2,7,9H2,1H3,(H,19,21)(H,20,23). The summed E-state index contributed by atoms with van der Waals surface area (Å²) in [5.74, 6) is -1.07. The van der Waals surface area contributed by atoms with Gasteiger partial charge in [0.05, 0.1) is 24.5 Å². The fourth-order valence-electron chi connectivity index (χ4n) is 1.76. The number of carbonyl (C=O) groups excluding carboxylic acids is 3. The monoisotopic (exact) mass is 413 g/mol. The van der Waals surface area contributed by atoms with Crippen molar-refractivity contribution in [2.24, 2.45) is 0 Å². The first-order chi connectivity index (χ1) is 12.5. The van der Waals surface area contributed by atoms with Crippen LogP contribution in [0.3, 0.4) is 0 Å².